The van der Waals surface area contributed by atoms with Crippen LogP contribution >= 0.6 is 0 Å². The predicted molar refractivity (Wildman–Crippen MR) is 86.8 cm³/mol. The van der Waals surface area contributed by atoms with E-state index < -0.39 is 0 Å². The number of aryl methyl sites for hydroxylation is 1. The second kappa shape index (κ2) is 6.63. The molecule has 1 atom stereocenters. The van der Waals surface area contributed by atoms with Crippen molar-refractivity contribution < 1.29 is 4.42 Å². The lowest BCUT2D eigenvalue weighted by atomic mass is 9.85. The van der Waals surface area contributed by atoms with Gasteiger partial charge in [0, 0.05) is 5.39 Å². The zero-order valence-corrected chi connectivity index (χ0v) is 12.9. The average molecular weight is 286 g/mol. The number of hydrogen-bond donors (Lipinski definition) is 2. The third kappa shape index (κ3) is 3.14. The van der Waals surface area contributed by atoms with E-state index in [1.165, 1.54) is 55.9 Å². The summed E-state index contributed by atoms with van der Waals surface area (Å²) in [4.78, 5) is 0. The first-order valence-corrected chi connectivity index (χ1v) is 8.25. The Bertz CT molecular complexity index is 582. The normalized spacial score (nSPS) is 19.3. The molecule has 0 aliphatic heterocycles. The van der Waals surface area contributed by atoms with E-state index in [1.54, 1.807) is 0 Å². The first kappa shape index (κ1) is 14.6. The summed E-state index contributed by atoms with van der Waals surface area (Å²) in [7, 11) is 0. The smallest absolute Gasteiger partial charge is 0.137 e. The van der Waals surface area contributed by atoms with Gasteiger partial charge in [-0.3, -0.25) is 5.84 Å². The summed E-state index contributed by atoms with van der Waals surface area (Å²) in [6.45, 7) is 2.09. The Labute approximate surface area is 126 Å². The summed E-state index contributed by atoms with van der Waals surface area (Å²) in [6, 6.07) is 8.58. The van der Waals surface area contributed by atoms with Crippen LogP contribution in [-0.4, -0.2) is 0 Å². The summed E-state index contributed by atoms with van der Waals surface area (Å²) in [5, 5.41) is 1.18. The molecule has 3 heteroatoms. The van der Waals surface area contributed by atoms with Crippen LogP contribution < -0.4 is 11.3 Å². The number of hydrazine groups is 1. The van der Waals surface area contributed by atoms with Gasteiger partial charge in [0.25, 0.3) is 0 Å². The monoisotopic (exact) mass is 286 g/mol. The molecule has 0 radical (unpaired) electrons. The maximum Gasteiger partial charge on any atom is 0.137 e. The topological polar surface area (TPSA) is 51.2 Å². The van der Waals surface area contributed by atoms with Crippen molar-refractivity contribution in [3.8, 4) is 0 Å². The molecule has 0 spiro atoms. The Morgan fingerprint density at radius 3 is 2.52 bits per heavy atom. The van der Waals surface area contributed by atoms with Gasteiger partial charge in [-0.1, -0.05) is 50.3 Å². The van der Waals surface area contributed by atoms with Gasteiger partial charge in [0.1, 0.15) is 11.3 Å². The lowest BCUT2D eigenvalue weighted by Gasteiger charge is -2.26. The van der Waals surface area contributed by atoms with E-state index in [4.69, 9.17) is 10.3 Å². The maximum atomic E-state index is 6.13. The molecule has 1 heterocycles. The molecule has 114 valence electrons. The van der Waals surface area contributed by atoms with E-state index in [2.05, 4.69) is 36.6 Å². The number of hydrogen-bond acceptors (Lipinski definition) is 3. The third-order valence-corrected chi connectivity index (χ3v) is 4.87. The Morgan fingerprint density at radius 1 is 1.14 bits per heavy atom. The Morgan fingerprint density at radius 2 is 1.86 bits per heavy atom. The first-order chi connectivity index (χ1) is 10.3. The van der Waals surface area contributed by atoms with Crippen molar-refractivity contribution in [1.29, 1.82) is 0 Å². The molecule has 3 nitrogen and oxygen atoms in total. The van der Waals surface area contributed by atoms with Gasteiger partial charge in [0.05, 0.1) is 6.04 Å². The molecule has 0 bridgehead atoms. The van der Waals surface area contributed by atoms with E-state index in [0.29, 0.717) is 5.92 Å². The second-order valence-electron chi connectivity index (χ2n) is 6.39. The van der Waals surface area contributed by atoms with Crippen LogP contribution in [0.4, 0.5) is 0 Å². The number of furan rings is 1. The van der Waals surface area contributed by atoms with Crippen LogP contribution in [0, 0.1) is 12.8 Å². The van der Waals surface area contributed by atoms with Gasteiger partial charge >= 0.3 is 0 Å². The van der Waals surface area contributed by atoms with Gasteiger partial charge in [-0.2, -0.15) is 0 Å². The highest BCUT2D eigenvalue weighted by molar-refractivity contribution is 5.81. The fourth-order valence-electron chi connectivity index (χ4n) is 3.65. The summed E-state index contributed by atoms with van der Waals surface area (Å²) < 4.78 is 6.13. The quantitative estimate of drug-likeness (QED) is 0.640. The third-order valence-electron chi connectivity index (χ3n) is 4.87. The van der Waals surface area contributed by atoms with E-state index >= 15 is 0 Å². The highest BCUT2D eigenvalue weighted by Crippen LogP contribution is 2.35. The molecule has 1 aliphatic rings. The van der Waals surface area contributed by atoms with Gasteiger partial charge in [-0.15, -0.1) is 0 Å². The molecule has 0 saturated heterocycles. The molecule has 2 aromatic rings. The fourth-order valence-corrected chi connectivity index (χ4v) is 3.65. The molecule has 3 rings (SSSR count). The van der Waals surface area contributed by atoms with Crippen molar-refractivity contribution in [3.63, 3.8) is 0 Å². The van der Waals surface area contributed by atoms with Gasteiger partial charge in [0.15, 0.2) is 0 Å². The minimum atomic E-state index is 0.134. The van der Waals surface area contributed by atoms with Crippen LogP contribution in [0.25, 0.3) is 11.0 Å². The van der Waals surface area contributed by atoms with Crippen LogP contribution in [0.5, 0.6) is 0 Å². The van der Waals surface area contributed by atoms with Crippen molar-refractivity contribution in [2.75, 3.05) is 0 Å². The van der Waals surface area contributed by atoms with E-state index in [1.807, 2.05) is 0 Å². The SMILES string of the molecule is Cc1cccc2cc(C(NN)C3CCCCCCC3)oc12. The first-order valence-electron chi connectivity index (χ1n) is 8.25. The highest BCUT2D eigenvalue weighted by atomic mass is 16.3. The molecular weight excluding hydrogens is 260 g/mol. The molecule has 21 heavy (non-hydrogen) atoms. The number of benzene rings is 1. The number of nitrogens with one attached hydrogen (secondary N) is 1. The Kier molecular flexibility index (Phi) is 4.61. The standard InChI is InChI=1S/C18H26N2O/c1-13-8-7-11-15-12-16(21-18(13)15)17(20-19)14-9-5-3-2-4-6-10-14/h7-8,11-12,14,17,20H,2-6,9-10,19H2,1H3. The van der Waals surface area contributed by atoms with Gasteiger partial charge in [-0.05, 0) is 37.3 Å². The lowest BCUT2D eigenvalue weighted by Crippen LogP contribution is -2.33. The van der Waals surface area contributed by atoms with Crippen molar-refractivity contribution in [3.05, 3.63) is 35.6 Å². The summed E-state index contributed by atoms with van der Waals surface area (Å²) in [5.74, 6) is 7.45. The van der Waals surface area contributed by atoms with Crippen LogP contribution in [0.15, 0.2) is 28.7 Å². The van der Waals surface area contributed by atoms with Gasteiger partial charge in [0.2, 0.25) is 0 Å². The van der Waals surface area contributed by atoms with Crippen molar-refractivity contribution in [2.45, 2.75) is 57.9 Å². The molecule has 1 aromatic heterocycles. The van der Waals surface area contributed by atoms with E-state index in [-0.39, 0.29) is 6.04 Å². The number of nitrogens with two attached hydrogens (primary N) is 1. The van der Waals surface area contributed by atoms with Gasteiger partial charge < -0.3 is 4.42 Å². The minimum Gasteiger partial charge on any atom is -0.459 e. The number of rotatable bonds is 3. The minimum absolute atomic E-state index is 0.134. The average Bonchev–Trinajstić information content (AvgIpc) is 2.87. The van der Waals surface area contributed by atoms with Crippen LogP contribution in [0.2, 0.25) is 0 Å². The van der Waals surface area contributed by atoms with Crippen molar-refractivity contribution in [1.82, 2.24) is 5.43 Å². The molecular formula is C18H26N2O. The molecule has 1 unspecified atom stereocenters. The Balaban J connectivity index is 1.87. The molecule has 1 fully saturated rings. The Hall–Kier alpha value is -1.32. The van der Waals surface area contributed by atoms with Crippen LogP contribution in [0.3, 0.4) is 0 Å². The number of fused-ring (bicyclic) bond motifs is 1. The largest absolute Gasteiger partial charge is 0.459 e. The summed E-state index contributed by atoms with van der Waals surface area (Å²) >= 11 is 0. The van der Waals surface area contributed by atoms with E-state index in [0.717, 1.165) is 11.3 Å². The summed E-state index contributed by atoms with van der Waals surface area (Å²) in [5.41, 5.74) is 5.21. The molecule has 3 N–H and O–H groups in total. The van der Waals surface area contributed by atoms with Crippen LogP contribution in [-0.2, 0) is 0 Å². The second-order valence-corrected chi connectivity index (χ2v) is 6.39. The van der Waals surface area contributed by atoms with Crippen molar-refractivity contribution in [2.24, 2.45) is 11.8 Å². The zero-order valence-electron chi connectivity index (χ0n) is 12.9. The molecule has 1 aliphatic carbocycles. The lowest BCUT2D eigenvalue weighted by molar-refractivity contribution is 0.263. The molecule has 1 saturated carbocycles. The van der Waals surface area contributed by atoms with E-state index in [9.17, 15) is 0 Å². The fraction of sp³-hybridized carbons (Fsp3) is 0.556. The van der Waals surface area contributed by atoms with Gasteiger partial charge in [-0.25, -0.2) is 5.43 Å². The molecule has 0 amide bonds. The highest BCUT2D eigenvalue weighted by Gasteiger charge is 2.25. The zero-order chi connectivity index (χ0) is 14.7. The predicted octanol–water partition coefficient (Wildman–Crippen LogP) is 4.61. The maximum absolute atomic E-state index is 6.13. The van der Waals surface area contributed by atoms with Crippen molar-refractivity contribution >= 4 is 11.0 Å². The number of para-hydroxylation sites is 1. The van der Waals surface area contributed by atoms with Crippen LogP contribution in [0.1, 0.15) is 62.3 Å². The molecule has 1 aromatic carbocycles. The summed E-state index contributed by atoms with van der Waals surface area (Å²) in [6.07, 6.45) is 9.19.